The van der Waals surface area contributed by atoms with Gasteiger partial charge in [0, 0.05) is 11.3 Å². The molecular formula is C14H9F3N2S. The molecule has 0 saturated carbocycles. The van der Waals surface area contributed by atoms with E-state index in [-0.39, 0.29) is 0 Å². The first-order chi connectivity index (χ1) is 9.43. The summed E-state index contributed by atoms with van der Waals surface area (Å²) in [5.74, 6) is 0. The fourth-order valence-corrected chi connectivity index (χ4v) is 2.89. The van der Waals surface area contributed by atoms with Crippen LogP contribution in [0.5, 0.6) is 0 Å². The van der Waals surface area contributed by atoms with Gasteiger partial charge in [-0.2, -0.15) is 13.2 Å². The van der Waals surface area contributed by atoms with Gasteiger partial charge in [-0.1, -0.05) is 12.1 Å². The highest BCUT2D eigenvalue weighted by Crippen LogP contribution is 2.34. The van der Waals surface area contributed by atoms with Crippen LogP contribution >= 0.6 is 11.3 Å². The molecular weight excluding hydrogens is 285 g/mol. The zero-order valence-electron chi connectivity index (χ0n) is 10.1. The highest BCUT2D eigenvalue weighted by Gasteiger charge is 2.30. The monoisotopic (exact) mass is 294 g/mol. The van der Waals surface area contributed by atoms with E-state index >= 15 is 0 Å². The lowest BCUT2D eigenvalue weighted by molar-refractivity contribution is -0.137. The second-order valence-corrected chi connectivity index (χ2v) is 5.35. The summed E-state index contributed by atoms with van der Waals surface area (Å²) in [6.07, 6.45) is -4.32. The van der Waals surface area contributed by atoms with Crippen molar-refractivity contribution in [3.63, 3.8) is 0 Å². The van der Waals surface area contributed by atoms with Crippen molar-refractivity contribution in [2.75, 3.05) is 5.73 Å². The number of nitrogen functional groups attached to an aromatic ring is 1. The van der Waals surface area contributed by atoms with Crippen LogP contribution in [0.3, 0.4) is 0 Å². The molecule has 20 heavy (non-hydrogen) atoms. The van der Waals surface area contributed by atoms with Crippen molar-refractivity contribution in [1.29, 1.82) is 0 Å². The molecule has 2 nitrogen and oxygen atoms in total. The number of thiazole rings is 1. The van der Waals surface area contributed by atoms with Gasteiger partial charge in [-0.25, -0.2) is 4.98 Å². The maximum atomic E-state index is 12.5. The molecule has 2 N–H and O–H groups in total. The number of rotatable bonds is 1. The Labute approximate surface area is 116 Å². The molecule has 0 atom stereocenters. The van der Waals surface area contributed by atoms with E-state index in [1.807, 2.05) is 0 Å². The predicted molar refractivity (Wildman–Crippen MR) is 74.5 cm³/mol. The first-order valence-electron chi connectivity index (χ1n) is 5.77. The molecule has 0 amide bonds. The first-order valence-corrected chi connectivity index (χ1v) is 6.59. The average molecular weight is 294 g/mol. The Morgan fingerprint density at radius 3 is 2.35 bits per heavy atom. The summed E-state index contributed by atoms with van der Waals surface area (Å²) in [4.78, 5) is 4.40. The van der Waals surface area contributed by atoms with Gasteiger partial charge in [-0.05, 0) is 30.3 Å². The van der Waals surface area contributed by atoms with E-state index in [0.717, 1.165) is 22.3 Å². The summed E-state index contributed by atoms with van der Waals surface area (Å²) in [5, 5.41) is 0.680. The van der Waals surface area contributed by atoms with Crippen LogP contribution in [0.4, 0.5) is 18.9 Å². The fourth-order valence-electron chi connectivity index (χ4n) is 1.87. The van der Waals surface area contributed by atoms with Gasteiger partial charge < -0.3 is 5.73 Å². The van der Waals surface area contributed by atoms with Crippen molar-refractivity contribution in [3.05, 3.63) is 48.0 Å². The van der Waals surface area contributed by atoms with Gasteiger partial charge in [0.25, 0.3) is 0 Å². The Hall–Kier alpha value is -2.08. The van der Waals surface area contributed by atoms with Gasteiger partial charge in [-0.3, -0.25) is 0 Å². The molecule has 0 radical (unpaired) electrons. The summed E-state index contributed by atoms with van der Waals surface area (Å²) in [6, 6.07) is 10.4. The third-order valence-corrected chi connectivity index (χ3v) is 3.94. The van der Waals surface area contributed by atoms with Crippen molar-refractivity contribution in [2.45, 2.75) is 6.18 Å². The molecule has 3 rings (SSSR count). The third kappa shape index (κ3) is 2.34. The van der Waals surface area contributed by atoms with Crippen molar-refractivity contribution < 1.29 is 13.2 Å². The van der Waals surface area contributed by atoms with Gasteiger partial charge in [0.1, 0.15) is 5.01 Å². The van der Waals surface area contributed by atoms with Gasteiger partial charge in [0.2, 0.25) is 0 Å². The fraction of sp³-hybridized carbons (Fsp3) is 0.0714. The summed E-state index contributed by atoms with van der Waals surface area (Å²) in [7, 11) is 0. The molecule has 6 heteroatoms. The van der Waals surface area contributed by atoms with E-state index in [1.54, 1.807) is 18.2 Å². The quantitative estimate of drug-likeness (QED) is 0.668. The van der Waals surface area contributed by atoms with Crippen LogP contribution in [0.1, 0.15) is 5.56 Å². The van der Waals surface area contributed by atoms with Crippen LogP contribution in [0.2, 0.25) is 0 Å². The van der Waals surface area contributed by atoms with E-state index in [4.69, 9.17) is 5.73 Å². The zero-order valence-corrected chi connectivity index (χ0v) is 10.9. The second kappa shape index (κ2) is 4.49. The number of nitrogens with zero attached hydrogens (tertiary/aromatic N) is 1. The molecule has 1 aromatic heterocycles. The lowest BCUT2D eigenvalue weighted by Gasteiger charge is -2.06. The Kier molecular flexibility index (Phi) is 2.90. The van der Waals surface area contributed by atoms with E-state index in [2.05, 4.69) is 4.98 Å². The number of alkyl halides is 3. The van der Waals surface area contributed by atoms with Crippen LogP contribution in [-0.2, 0) is 6.18 Å². The first kappa shape index (κ1) is 12.9. The topological polar surface area (TPSA) is 38.9 Å². The molecule has 2 aromatic carbocycles. The normalized spacial score (nSPS) is 11.9. The number of halogens is 3. The van der Waals surface area contributed by atoms with E-state index in [9.17, 15) is 13.2 Å². The van der Waals surface area contributed by atoms with Gasteiger partial charge in [0.15, 0.2) is 0 Å². The predicted octanol–water partition coefficient (Wildman–Crippen LogP) is 4.56. The number of hydrogen-bond acceptors (Lipinski definition) is 3. The van der Waals surface area contributed by atoms with E-state index in [0.29, 0.717) is 16.3 Å². The maximum absolute atomic E-state index is 12.5. The molecule has 102 valence electrons. The van der Waals surface area contributed by atoms with E-state index < -0.39 is 11.7 Å². The molecule has 0 fully saturated rings. The number of hydrogen-bond donors (Lipinski definition) is 1. The third-order valence-electron chi connectivity index (χ3n) is 2.87. The standard InChI is InChI=1S/C14H9F3N2S/c15-14(16,17)9-3-1-8(2-4-9)13-19-11-6-5-10(18)7-12(11)20-13/h1-7H,18H2. The van der Waals surface area contributed by atoms with Crippen LogP contribution in [0.25, 0.3) is 20.8 Å². The molecule has 0 aliphatic rings. The summed E-state index contributed by atoms with van der Waals surface area (Å²) < 4.78 is 38.4. The summed E-state index contributed by atoms with van der Waals surface area (Å²) in [5.41, 5.74) is 7.13. The van der Waals surface area contributed by atoms with Gasteiger partial charge in [0.05, 0.1) is 15.8 Å². The maximum Gasteiger partial charge on any atom is 0.416 e. The zero-order chi connectivity index (χ0) is 14.3. The smallest absolute Gasteiger partial charge is 0.399 e. The molecule has 0 bridgehead atoms. The number of aromatic nitrogens is 1. The van der Waals surface area contributed by atoms with Crippen LogP contribution in [0, 0.1) is 0 Å². The largest absolute Gasteiger partial charge is 0.416 e. The highest BCUT2D eigenvalue weighted by molar-refractivity contribution is 7.21. The lowest BCUT2D eigenvalue weighted by atomic mass is 10.1. The van der Waals surface area contributed by atoms with Crippen molar-refractivity contribution >= 4 is 27.2 Å². The minimum absolute atomic E-state index is 0.639. The molecule has 0 spiro atoms. The average Bonchev–Trinajstić information content (AvgIpc) is 2.80. The highest BCUT2D eigenvalue weighted by atomic mass is 32.1. The van der Waals surface area contributed by atoms with Crippen molar-refractivity contribution in [1.82, 2.24) is 4.98 Å². The molecule has 1 heterocycles. The van der Waals surface area contributed by atoms with Crippen molar-refractivity contribution in [2.24, 2.45) is 0 Å². The molecule has 0 saturated heterocycles. The molecule has 0 unspecified atom stereocenters. The Balaban J connectivity index is 2.02. The van der Waals surface area contributed by atoms with Crippen LogP contribution in [-0.4, -0.2) is 4.98 Å². The Morgan fingerprint density at radius 1 is 1.00 bits per heavy atom. The van der Waals surface area contributed by atoms with Gasteiger partial charge in [-0.15, -0.1) is 11.3 Å². The van der Waals surface area contributed by atoms with Crippen LogP contribution < -0.4 is 5.73 Å². The Morgan fingerprint density at radius 2 is 1.70 bits per heavy atom. The molecule has 3 aromatic rings. The number of nitrogens with two attached hydrogens (primary N) is 1. The van der Waals surface area contributed by atoms with Gasteiger partial charge >= 0.3 is 6.18 Å². The summed E-state index contributed by atoms with van der Waals surface area (Å²) in [6.45, 7) is 0. The molecule has 0 aliphatic carbocycles. The number of fused-ring (bicyclic) bond motifs is 1. The minimum Gasteiger partial charge on any atom is -0.399 e. The SMILES string of the molecule is Nc1ccc2nc(-c3ccc(C(F)(F)F)cc3)sc2c1. The number of anilines is 1. The second-order valence-electron chi connectivity index (χ2n) is 4.32. The van der Waals surface area contributed by atoms with E-state index in [1.165, 1.54) is 23.5 Å². The van der Waals surface area contributed by atoms with Crippen LogP contribution in [0.15, 0.2) is 42.5 Å². The summed E-state index contributed by atoms with van der Waals surface area (Å²) >= 11 is 1.41. The minimum atomic E-state index is -4.32. The molecule has 0 aliphatic heterocycles. The Bertz CT molecular complexity index is 760. The lowest BCUT2D eigenvalue weighted by Crippen LogP contribution is -2.03. The van der Waals surface area contributed by atoms with Crippen molar-refractivity contribution in [3.8, 4) is 10.6 Å². The number of benzene rings is 2.